The summed E-state index contributed by atoms with van der Waals surface area (Å²) in [6.45, 7) is 6.68. The number of hydrogen-bond donors (Lipinski definition) is 0. The molecule has 1 saturated heterocycles. The Hall–Kier alpha value is -1.13. The number of rotatable bonds is 3. The molecule has 116 valence electrons. The number of halogens is 2. The lowest BCUT2D eigenvalue weighted by Gasteiger charge is -2.27. The molecule has 0 unspecified atom stereocenters. The van der Waals surface area contributed by atoms with Crippen LogP contribution in [0.25, 0.3) is 0 Å². The molecule has 0 saturated carbocycles. The lowest BCUT2D eigenvalue weighted by molar-refractivity contribution is -0.160. The van der Waals surface area contributed by atoms with Crippen molar-refractivity contribution in [2.24, 2.45) is 0 Å². The highest BCUT2D eigenvalue weighted by Gasteiger charge is 2.34. The number of carbonyl (C=O) groups excluding carboxylic acids is 1. The van der Waals surface area contributed by atoms with Crippen molar-refractivity contribution < 1.29 is 13.9 Å². The van der Waals surface area contributed by atoms with Gasteiger partial charge in [0.05, 0.1) is 0 Å². The minimum atomic E-state index is -0.507. The molecule has 1 fully saturated rings. The number of ether oxygens (including phenoxy) is 1. The normalized spacial score (nSPS) is 19.8. The predicted molar refractivity (Wildman–Crippen MR) is 80.7 cm³/mol. The summed E-state index contributed by atoms with van der Waals surface area (Å²) < 4.78 is 19.3. The molecule has 0 N–H and O–H groups in total. The Balaban J connectivity index is 2.08. The summed E-state index contributed by atoms with van der Waals surface area (Å²) in [6, 6.07) is 4.19. The number of likely N-dealkylation sites (tertiary alicyclic amines) is 1. The minimum Gasteiger partial charge on any atom is -0.459 e. The van der Waals surface area contributed by atoms with Crippen molar-refractivity contribution in [3.8, 4) is 0 Å². The van der Waals surface area contributed by atoms with Crippen LogP contribution in [0.15, 0.2) is 18.2 Å². The average molecular weight is 314 g/mol. The fourth-order valence-electron chi connectivity index (χ4n) is 2.54. The Labute approximate surface area is 130 Å². The van der Waals surface area contributed by atoms with Crippen LogP contribution in [-0.2, 0) is 16.1 Å². The van der Waals surface area contributed by atoms with Crippen LogP contribution in [0.1, 0.15) is 39.2 Å². The first-order chi connectivity index (χ1) is 9.76. The van der Waals surface area contributed by atoms with Gasteiger partial charge in [-0.3, -0.25) is 9.69 Å². The zero-order valence-corrected chi connectivity index (χ0v) is 13.4. The van der Waals surface area contributed by atoms with E-state index in [1.165, 1.54) is 12.1 Å². The quantitative estimate of drug-likeness (QED) is 0.795. The van der Waals surface area contributed by atoms with Gasteiger partial charge in [0, 0.05) is 17.1 Å². The Morgan fingerprint density at radius 3 is 2.86 bits per heavy atom. The highest BCUT2D eigenvalue weighted by Crippen LogP contribution is 2.25. The van der Waals surface area contributed by atoms with Crippen molar-refractivity contribution in [1.82, 2.24) is 4.90 Å². The van der Waals surface area contributed by atoms with E-state index in [0.717, 1.165) is 19.4 Å². The molecule has 1 aliphatic rings. The molecule has 0 radical (unpaired) electrons. The average Bonchev–Trinajstić information content (AvgIpc) is 2.80. The molecule has 21 heavy (non-hydrogen) atoms. The van der Waals surface area contributed by atoms with Gasteiger partial charge >= 0.3 is 5.97 Å². The smallest absolute Gasteiger partial charge is 0.323 e. The summed E-state index contributed by atoms with van der Waals surface area (Å²) in [5.41, 5.74) is 0.00471. The first-order valence-electron chi connectivity index (χ1n) is 7.17. The monoisotopic (exact) mass is 313 g/mol. The predicted octanol–water partition coefficient (Wildman–Crippen LogP) is 3.79. The molecule has 3 nitrogen and oxygen atoms in total. The van der Waals surface area contributed by atoms with Crippen LogP contribution in [0.3, 0.4) is 0 Å². The van der Waals surface area contributed by atoms with Gasteiger partial charge in [0.2, 0.25) is 0 Å². The maximum absolute atomic E-state index is 13.8. The first kappa shape index (κ1) is 16.2. The Morgan fingerprint density at radius 2 is 2.19 bits per heavy atom. The Morgan fingerprint density at radius 1 is 1.48 bits per heavy atom. The van der Waals surface area contributed by atoms with E-state index in [2.05, 4.69) is 0 Å². The van der Waals surface area contributed by atoms with E-state index < -0.39 is 5.60 Å². The van der Waals surface area contributed by atoms with Crippen LogP contribution in [0, 0.1) is 5.82 Å². The van der Waals surface area contributed by atoms with E-state index in [0.29, 0.717) is 17.1 Å². The summed E-state index contributed by atoms with van der Waals surface area (Å²) in [5, 5.41) is 0.499. The van der Waals surface area contributed by atoms with Crippen molar-refractivity contribution >= 4 is 17.6 Å². The van der Waals surface area contributed by atoms with Gasteiger partial charge in [0.1, 0.15) is 17.5 Å². The van der Waals surface area contributed by atoms with Crippen molar-refractivity contribution in [3.05, 3.63) is 34.6 Å². The molecule has 1 atom stereocenters. The molecule has 0 bridgehead atoms. The van der Waals surface area contributed by atoms with Gasteiger partial charge < -0.3 is 4.74 Å². The number of carbonyl (C=O) groups is 1. The molecule has 1 heterocycles. The number of nitrogens with zero attached hydrogens (tertiary/aromatic N) is 1. The van der Waals surface area contributed by atoms with E-state index in [-0.39, 0.29) is 17.8 Å². The second-order valence-corrected chi connectivity index (χ2v) is 6.83. The highest BCUT2D eigenvalue weighted by atomic mass is 35.5. The zero-order valence-electron chi connectivity index (χ0n) is 12.7. The maximum Gasteiger partial charge on any atom is 0.323 e. The lowest BCUT2D eigenvalue weighted by atomic mass is 10.1. The van der Waals surface area contributed by atoms with Crippen molar-refractivity contribution in [1.29, 1.82) is 0 Å². The van der Waals surface area contributed by atoms with Gasteiger partial charge in [-0.05, 0) is 58.4 Å². The van der Waals surface area contributed by atoms with Crippen LogP contribution in [0.4, 0.5) is 4.39 Å². The number of benzene rings is 1. The Kier molecular flexibility index (Phi) is 4.89. The summed E-state index contributed by atoms with van der Waals surface area (Å²) in [6.07, 6.45) is 1.66. The third kappa shape index (κ3) is 4.42. The van der Waals surface area contributed by atoms with Crippen molar-refractivity contribution in [2.75, 3.05) is 6.54 Å². The lowest BCUT2D eigenvalue weighted by Crippen LogP contribution is -2.40. The standard InChI is InChI=1S/C16H21ClFNO2/c1-16(2,3)21-15(20)14-5-4-8-19(14)10-11-9-12(17)6-7-13(11)18/h6-7,9,14H,4-5,8,10H2,1-3H3/t14-/m1/s1. The van der Waals surface area contributed by atoms with Crippen LogP contribution in [0.5, 0.6) is 0 Å². The number of hydrogen-bond acceptors (Lipinski definition) is 3. The molecule has 5 heteroatoms. The second-order valence-electron chi connectivity index (χ2n) is 6.40. The van der Waals surface area contributed by atoms with E-state index in [1.54, 1.807) is 6.07 Å². The van der Waals surface area contributed by atoms with Crippen LogP contribution < -0.4 is 0 Å². The van der Waals surface area contributed by atoms with Gasteiger partial charge in [-0.1, -0.05) is 11.6 Å². The van der Waals surface area contributed by atoms with Gasteiger partial charge in [0.15, 0.2) is 0 Å². The van der Waals surface area contributed by atoms with Gasteiger partial charge in [-0.2, -0.15) is 0 Å². The number of esters is 1. The summed E-state index contributed by atoms with van der Waals surface area (Å²) in [5.74, 6) is -0.531. The molecular formula is C16H21ClFNO2. The molecule has 1 aromatic carbocycles. The molecule has 0 aromatic heterocycles. The van der Waals surface area contributed by atoms with E-state index in [4.69, 9.17) is 16.3 Å². The molecule has 0 aliphatic carbocycles. The summed E-state index contributed by atoms with van der Waals surface area (Å²) >= 11 is 5.91. The molecular weight excluding hydrogens is 293 g/mol. The fraction of sp³-hybridized carbons (Fsp3) is 0.562. The van der Waals surface area contributed by atoms with Crippen LogP contribution in [0.2, 0.25) is 5.02 Å². The highest BCUT2D eigenvalue weighted by molar-refractivity contribution is 6.30. The zero-order chi connectivity index (χ0) is 15.6. The summed E-state index contributed by atoms with van der Waals surface area (Å²) in [4.78, 5) is 14.2. The van der Waals surface area contributed by atoms with Crippen molar-refractivity contribution in [3.63, 3.8) is 0 Å². The van der Waals surface area contributed by atoms with Crippen LogP contribution in [-0.4, -0.2) is 29.1 Å². The summed E-state index contributed by atoms with van der Waals surface area (Å²) in [7, 11) is 0. The maximum atomic E-state index is 13.8. The Bertz CT molecular complexity index is 527. The van der Waals surface area contributed by atoms with Crippen molar-refractivity contribution in [2.45, 2.75) is 51.8 Å². The molecule has 1 aromatic rings. The van der Waals surface area contributed by atoms with E-state index in [1.807, 2.05) is 25.7 Å². The minimum absolute atomic E-state index is 0.234. The van der Waals surface area contributed by atoms with Gasteiger partial charge in [-0.25, -0.2) is 4.39 Å². The molecule has 1 aliphatic heterocycles. The molecule has 0 spiro atoms. The SMILES string of the molecule is CC(C)(C)OC(=O)[C@H]1CCCN1Cc1cc(Cl)ccc1F. The topological polar surface area (TPSA) is 29.5 Å². The van der Waals surface area contributed by atoms with Gasteiger partial charge in [0.25, 0.3) is 0 Å². The molecule has 0 amide bonds. The van der Waals surface area contributed by atoms with E-state index in [9.17, 15) is 9.18 Å². The molecule has 2 rings (SSSR count). The van der Waals surface area contributed by atoms with Crippen LogP contribution >= 0.6 is 11.6 Å². The largest absolute Gasteiger partial charge is 0.459 e. The third-order valence-corrected chi connectivity index (χ3v) is 3.66. The third-order valence-electron chi connectivity index (χ3n) is 3.42. The van der Waals surface area contributed by atoms with Gasteiger partial charge in [-0.15, -0.1) is 0 Å². The first-order valence-corrected chi connectivity index (χ1v) is 7.55. The van der Waals surface area contributed by atoms with E-state index >= 15 is 0 Å². The second kappa shape index (κ2) is 6.32. The fourth-order valence-corrected chi connectivity index (χ4v) is 2.73.